The van der Waals surface area contributed by atoms with Gasteiger partial charge in [-0.2, -0.15) is 5.26 Å². The monoisotopic (exact) mass is 313 g/mol. The number of benzene rings is 2. The van der Waals surface area contributed by atoms with Crippen molar-refractivity contribution in [1.29, 1.82) is 5.26 Å². The molecule has 118 valence electrons. The summed E-state index contributed by atoms with van der Waals surface area (Å²) in [6.07, 6.45) is 0. The molecule has 0 aliphatic rings. The maximum atomic E-state index is 11.1. The zero-order valence-electron chi connectivity index (χ0n) is 12.7. The quantitative estimate of drug-likeness (QED) is 0.650. The van der Waals surface area contributed by atoms with Crippen LogP contribution in [0, 0.1) is 21.4 Å². The number of nitrogens with zero attached hydrogens (tertiary/aromatic N) is 2. The van der Waals surface area contributed by atoms with Gasteiger partial charge in [0.05, 0.1) is 30.8 Å². The van der Waals surface area contributed by atoms with E-state index in [0.717, 1.165) is 5.56 Å². The summed E-state index contributed by atoms with van der Waals surface area (Å²) in [5, 5.41) is 22.9. The Hall–Kier alpha value is -3.27. The van der Waals surface area contributed by atoms with Crippen LogP contribution < -0.4 is 14.8 Å². The van der Waals surface area contributed by atoms with Crippen LogP contribution in [0.3, 0.4) is 0 Å². The molecule has 0 atom stereocenters. The summed E-state index contributed by atoms with van der Waals surface area (Å²) in [6, 6.07) is 11.6. The Bertz CT molecular complexity index is 768. The molecule has 2 rings (SSSR count). The van der Waals surface area contributed by atoms with Crippen LogP contribution in [0.2, 0.25) is 0 Å². The first-order valence-electron chi connectivity index (χ1n) is 6.72. The fraction of sp³-hybridized carbons (Fsp3) is 0.188. The Morgan fingerprint density at radius 1 is 1.17 bits per heavy atom. The van der Waals surface area contributed by atoms with Gasteiger partial charge >= 0.3 is 0 Å². The van der Waals surface area contributed by atoms with E-state index in [0.29, 0.717) is 23.7 Å². The Morgan fingerprint density at radius 2 is 1.91 bits per heavy atom. The highest BCUT2D eigenvalue weighted by Crippen LogP contribution is 2.29. The molecule has 0 aliphatic carbocycles. The van der Waals surface area contributed by atoms with E-state index < -0.39 is 4.92 Å². The first kappa shape index (κ1) is 16.1. The van der Waals surface area contributed by atoms with Crippen molar-refractivity contribution < 1.29 is 14.4 Å². The minimum absolute atomic E-state index is 0.135. The molecule has 0 spiro atoms. The van der Waals surface area contributed by atoms with Crippen molar-refractivity contribution in [2.75, 3.05) is 19.5 Å². The van der Waals surface area contributed by atoms with Crippen LogP contribution in [-0.4, -0.2) is 19.1 Å². The molecule has 2 aromatic rings. The van der Waals surface area contributed by atoms with Crippen LogP contribution in [0.5, 0.6) is 11.5 Å². The van der Waals surface area contributed by atoms with Gasteiger partial charge in [0.2, 0.25) is 0 Å². The van der Waals surface area contributed by atoms with E-state index in [9.17, 15) is 10.1 Å². The molecule has 1 N–H and O–H groups in total. The van der Waals surface area contributed by atoms with Gasteiger partial charge in [0.15, 0.2) is 11.5 Å². The molecule has 0 saturated carbocycles. The fourth-order valence-electron chi connectivity index (χ4n) is 2.09. The summed E-state index contributed by atoms with van der Waals surface area (Å²) in [5.74, 6) is 1.20. The number of nitriles is 1. The second-order valence-corrected chi connectivity index (χ2v) is 4.64. The molecule has 0 bridgehead atoms. The van der Waals surface area contributed by atoms with Crippen molar-refractivity contribution in [3.63, 3.8) is 0 Å². The number of nitrogens with one attached hydrogen (secondary N) is 1. The van der Waals surface area contributed by atoms with Crippen LogP contribution in [0.4, 0.5) is 11.4 Å². The van der Waals surface area contributed by atoms with Crippen LogP contribution in [0.15, 0.2) is 36.4 Å². The van der Waals surface area contributed by atoms with E-state index in [1.807, 2.05) is 12.1 Å². The smallest absolute Gasteiger partial charge is 0.293 e. The molecule has 23 heavy (non-hydrogen) atoms. The standard InChI is InChI=1S/C16H15N3O4/c1-22-15-6-4-12(8-16(15)23-2)10-18-13-5-3-11(9-17)7-14(13)19(20)21/h3-8,18H,10H2,1-2H3. The Morgan fingerprint density at radius 3 is 2.52 bits per heavy atom. The second-order valence-electron chi connectivity index (χ2n) is 4.64. The number of rotatable bonds is 6. The van der Waals surface area contributed by atoms with Gasteiger partial charge in [0, 0.05) is 12.6 Å². The van der Waals surface area contributed by atoms with E-state index in [-0.39, 0.29) is 11.3 Å². The topological polar surface area (TPSA) is 97.4 Å². The first-order valence-corrected chi connectivity index (χ1v) is 6.72. The first-order chi connectivity index (χ1) is 11.1. The van der Waals surface area contributed by atoms with Crippen LogP contribution >= 0.6 is 0 Å². The lowest BCUT2D eigenvalue weighted by Gasteiger charge is -2.11. The van der Waals surface area contributed by atoms with Gasteiger partial charge in [0.25, 0.3) is 5.69 Å². The van der Waals surface area contributed by atoms with Gasteiger partial charge in [-0.3, -0.25) is 10.1 Å². The highest BCUT2D eigenvalue weighted by molar-refractivity contribution is 5.64. The lowest BCUT2D eigenvalue weighted by Crippen LogP contribution is -2.03. The summed E-state index contributed by atoms with van der Waals surface area (Å²) < 4.78 is 10.4. The predicted octanol–water partition coefficient (Wildman–Crippen LogP) is 3.10. The maximum absolute atomic E-state index is 11.1. The highest BCUT2D eigenvalue weighted by atomic mass is 16.6. The number of hydrogen-bond acceptors (Lipinski definition) is 6. The second kappa shape index (κ2) is 7.13. The van der Waals surface area contributed by atoms with Gasteiger partial charge in [-0.15, -0.1) is 0 Å². The molecule has 0 unspecified atom stereocenters. The molecule has 0 aliphatic heterocycles. The molecule has 0 aromatic heterocycles. The van der Waals surface area contributed by atoms with E-state index in [4.69, 9.17) is 14.7 Å². The number of nitro benzene ring substituents is 1. The zero-order valence-corrected chi connectivity index (χ0v) is 12.7. The SMILES string of the molecule is COc1ccc(CNc2ccc(C#N)cc2[N+](=O)[O-])cc1OC. The van der Waals surface area contributed by atoms with Crippen molar-refractivity contribution in [3.05, 3.63) is 57.6 Å². The molecule has 0 amide bonds. The molecule has 7 nitrogen and oxygen atoms in total. The summed E-state index contributed by atoms with van der Waals surface area (Å²) in [5.41, 5.74) is 1.34. The number of nitro groups is 1. The van der Waals surface area contributed by atoms with Gasteiger partial charge in [-0.1, -0.05) is 6.07 Å². The molecular formula is C16H15N3O4. The third-order valence-electron chi connectivity index (χ3n) is 3.25. The average molecular weight is 313 g/mol. The fourth-order valence-corrected chi connectivity index (χ4v) is 2.09. The number of hydrogen-bond donors (Lipinski definition) is 1. The van der Waals surface area contributed by atoms with Gasteiger partial charge < -0.3 is 14.8 Å². The van der Waals surface area contributed by atoms with E-state index in [2.05, 4.69) is 5.32 Å². The van der Waals surface area contributed by atoms with Crippen LogP contribution in [-0.2, 0) is 6.54 Å². The van der Waals surface area contributed by atoms with E-state index in [1.165, 1.54) is 18.2 Å². The molecule has 7 heteroatoms. The predicted molar refractivity (Wildman–Crippen MR) is 84.7 cm³/mol. The Balaban J connectivity index is 2.21. The molecule has 0 fully saturated rings. The van der Waals surface area contributed by atoms with Crippen molar-refractivity contribution in [2.45, 2.75) is 6.54 Å². The zero-order chi connectivity index (χ0) is 16.8. The van der Waals surface area contributed by atoms with Gasteiger partial charge in [-0.05, 0) is 29.8 Å². The molecule has 2 aromatic carbocycles. The van der Waals surface area contributed by atoms with Gasteiger partial charge in [0.1, 0.15) is 5.69 Å². The third-order valence-corrected chi connectivity index (χ3v) is 3.25. The summed E-state index contributed by atoms with van der Waals surface area (Å²) in [7, 11) is 3.09. The summed E-state index contributed by atoms with van der Waals surface area (Å²) in [4.78, 5) is 10.6. The lowest BCUT2D eigenvalue weighted by atomic mass is 10.1. The normalized spacial score (nSPS) is 9.78. The van der Waals surface area contributed by atoms with Crippen LogP contribution in [0.1, 0.15) is 11.1 Å². The van der Waals surface area contributed by atoms with Gasteiger partial charge in [-0.25, -0.2) is 0 Å². The molecule has 0 saturated heterocycles. The van der Waals surface area contributed by atoms with Crippen molar-refractivity contribution in [2.24, 2.45) is 0 Å². The van der Waals surface area contributed by atoms with Crippen molar-refractivity contribution in [3.8, 4) is 17.6 Å². The third kappa shape index (κ3) is 3.68. The molecular weight excluding hydrogens is 298 g/mol. The number of methoxy groups -OCH3 is 2. The van der Waals surface area contributed by atoms with E-state index >= 15 is 0 Å². The highest BCUT2D eigenvalue weighted by Gasteiger charge is 2.14. The largest absolute Gasteiger partial charge is 0.493 e. The summed E-state index contributed by atoms with van der Waals surface area (Å²) >= 11 is 0. The Kier molecular flexibility index (Phi) is 5.00. The van der Waals surface area contributed by atoms with E-state index in [1.54, 1.807) is 26.4 Å². The Labute approximate surface area is 133 Å². The number of ether oxygens (including phenoxy) is 2. The lowest BCUT2D eigenvalue weighted by molar-refractivity contribution is -0.384. The maximum Gasteiger partial charge on any atom is 0.293 e. The average Bonchev–Trinajstić information content (AvgIpc) is 2.59. The van der Waals surface area contributed by atoms with Crippen molar-refractivity contribution >= 4 is 11.4 Å². The van der Waals surface area contributed by atoms with Crippen molar-refractivity contribution in [1.82, 2.24) is 0 Å². The molecule has 0 radical (unpaired) electrons. The van der Waals surface area contributed by atoms with Crippen LogP contribution in [0.25, 0.3) is 0 Å². The minimum atomic E-state index is -0.516. The molecule has 0 heterocycles. The minimum Gasteiger partial charge on any atom is -0.493 e. The summed E-state index contributed by atoms with van der Waals surface area (Å²) in [6.45, 7) is 0.368. The number of anilines is 1.